The molecule has 1 N–H and O–H groups in total. The number of ether oxygens (including phenoxy) is 1. The molecule has 3 aliphatic heterocycles. The number of aliphatic carboxylic acids is 1. The normalized spacial score (nSPS) is 27.1. The summed E-state index contributed by atoms with van der Waals surface area (Å²) in [4.78, 5) is 31.8. The number of carbonyl (C=O) groups excluding carboxylic acids is 1. The first-order valence-corrected chi connectivity index (χ1v) is 12.5. The van der Waals surface area contributed by atoms with E-state index < -0.39 is 5.97 Å². The van der Waals surface area contributed by atoms with Gasteiger partial charge in [-0.3, -0.25) is 19.5 Å². The zero-order chi connectivity index (χ0) is 23.3. The van der Waals surface area contributed by atoms with Crippen LogP contribution in [0.4, 0.5) is 4.79 Å². The molecule has 3 aliphatic rings. The number of carboxylic acids is 1. The number of cyclic esters (lactones) is 1. The number of hydrogen-bond donors (Lipinski definition) is 1. The van der Waals surface area contributed by atoms with Gasteiger partial charge in [-0.2, -0.15) is 0 Å². The largest absolute Gasteiger partial charge is 0.481 e. The Bertz CT molecular complexity index is 630. The third-order valence-electron chi connectivity index (χ3n) is 7.57. The monoisotopic (exact) mass is 452 g/mol. The second-order valence-electron chi connectivity index (χ2n) is 10.9. The molecule has 0 aromatic carbocycles. The van der Waals surface area contributed by atoms with Gasteiger partial charge in [-0.1, -0.05) is 19.3 Å². The standard InChI is InChI=1S/C24H44N4O4/c1-24(2,3)27-13-9-19(10-14-27)7-5-6-8-20-17-26(12-11-22(29)30)15-16-28(20)21-18-25(4)23(31)32-21/h19-21H,5-18H2,1-4H3,(H,29,30). The van der Waals surface area contributed by atoms with Crippen LogP contribution in [0.3, 0.4) is 0 Å². The number of piperazine rings is 1. The molecule has 0 aliphatic carbocycles. The van der Waals surface area contributed by atoms with E-state index in [1.807, 2.05) is 0 Å². The van der Waals surface area contributed by atoms with Crippen LogP contribution in [0.1, 0.15) is 65.7 Å². The van der Waals surface area contributed by atoms with Crippen molar-refractivity contribution in [2.24, 2.45) is 5.92 Å². The van der Waals surface area contributed by atoms with E-state index in [2.05, 4.69) is 35.5 Å². The van der Waals surface area contributed by atoms with Gasteiger partial charge in [-0.25, -0.2) is 4.79 Å². The van der Waals surface area contributed by atoms with Crippen LogP contribution < -0.4 is 0 Å². The van der Waals surface area contributed by atoms with E-state index in [9.17, 15) is 9.59 Å². The molecule has 0 radical (unpaired) electrons. The Balaban J connectivity index is 1.45. The average Bonchev–Trinajstić information content (AvgIpc) is 3.07. The summed E-state index contributed by atoms with van der Waals surface area (Å²) in [5.74, 6) is 0.0976. The summed E-state index contributed by atoms with van der Waals surface area (Å²) in [6.45, 7) is 13.1. The number of carbonyl (C=O) groups is 2. The van der Waals surface area contributed by atoms with Gasteiger partial charge in [0.2, 0.25) is 0 Å². The molecule has 184 valence electrons. The SMILES string of the molecule is CN1CC(N2CCN(CCC(=O)O)CC2CCCCC2CCN(C(C)(C)C)CC2)OC1=O. The van der Waals surface area contributed by atoms with Gasteiger partial charge in [-0.15, -0.1) is 0 Å². The number of rotatable bonds is 9. The van der Waals surface area contributed by atoms with E-state index in [4.69, 9.17) is 9.84 Å². The molecule has 8 nitrogen and oxygen atoms in total. The number of nitrogens with zero attached hydrogens (tertiary/aromatic N) is 4. The fourth-order valence-electron chi connectivity index (χ4n) is 5.46. The summed E-state index contributed by atoms with van der Waals surface area (Å²) in [7, 11) is 1.78. The van der Waals surface area contributed by atoms with Crippen LogP contribution in [0.15, 0.2) is 0 Å². The van der Waals surface area contributed by atoms with Crippen molar-refractivity contribution < 1.29 is 19.4 Å². The first-order chi connectivity index (χ1) is 15.1. The average molecular weight is 453 g/mol. The smallest absolute Gasteiger partial charge is 0.411 e. The lowest BCUT2D eigenvalue weighted by Crippen LogP contribution is -2.57. The summed E-state index contributed by atoms with van der Waals surface area (Å²) in [6.07, 6.45) is 7.15. The first kappa shape index (κ1) is 25.2. The van der Waals surface area contributed by atoms with E-state index in [0.29, 0.717) is 19.1 Å². The summed E-state index contributed by atoms with van der Waals surface area (Å²) in [5, 5.41) is 9.05. The molecule has 0 aromatic rings. The summed E-state index contributed by atoms with van der Waals surface area (Å²) in [6, 6.07) is 0.310. The first-order valence-electron chi connectivity index (χ1n) is 12.5. The Kier molecular flexibility index (Phi) is 8.81. The fourth-order valence-corrected chi connectivity index (χ4v) is 5.46. The number of carboxylic acid groups (broad SMARTS) is 1. The lowest BCUT2D eigenvalue weighted by molar-refractivity contribution is -0.137. The highest BCUT2D eigenvalue weighted by atomic mass is 16.6. The maximum absolute atomic E-state index is 11.9. The third-order valence-corrected chi connectivity index (χ3v) is 7.57. The number of likely N-dealkylation sites (N-methyl/N-ethyl adjacent to an activating group) is 1. The van der Waals surface area contributed by atoms with Gasteiger partial charge in [0.1, 0.15) is 0 Å². The molecule has 3 rings (SSSR count). The van der Waals surface area contributed by atoms with Crippen molar-refractivity contribution >= 4 is 12.1 Å². The van der Waals surface area contributed by atoms with E-state index in [0.717, 1.165) is 32.0 Å². The molecule has 0 bridgehead atoms. The Labute approximate surface area is 193 Å². The Morgan fingerprint density at radius 2 is 1.75 bits per heavy atom. The molecule has 8 heteroatoms. The molecular formula is C24H44N4O4. The lowest BCUT2D eigenvalue weighted by atomic mass is 9.88. The molecule has 0 aromatic heterocycles. The predicted octanol–water partition coefficient (Wildman–Crippen LogP) is 2.93. The molecule has 3 fully saturated rings. The van der Waals surface area contributed by atoms with Gasteiger partial charge in [0.15, 0.2) is 6.23 Å². The van der Waals surface area contributed by atoms with Gasteiger partial charge in [0.05, 0.1) is 13.0 Å². The zero-order valence-electron chi connectivity index (χ0n) is 20.6. The maximum atomic E-state index is 11.9. The van der Waals surface area contributed by atoms with Crippen LogP contribution in [0, 0.1) is 5.92 Å². The molecule has 32 heavy (non-hydrogen) atoms. The van der Waals surface area contributed by atoms with Crippen molar-refractivity contribution in [3.05, 3.63) is 0 Å². The third kappa shape index (κ3) is 7.06. The van der Waals surface area contributed by atoms with Crippen LogP contribution in [0.5, 0.6) is 0 Å². The van der Waals surface area contributed by atoms with Gasteiger partial charge in [0.25, 0.3) is 0 Å². The highest BCUT2D eigenvalue weighted by molar-refractivity contribution is 5.69. The summed E-state index contributed by atoms with van der Waals surface area (Å²) < 4.78 is 5.61. The van der Waals surface area contributed by atoms with Crippen molar-refractivity contribution in [3.8, 4) is 0 Å². The van der Waals surface area contributed by atoms with Crippen LogP contribution in [-0.4, -0.2) is 107 Å². The zero-order valence-corrected chi connectivity index (χ0v) is 20.6. The number of piperidine rings is 1. The van der Waals surface area contributed by atoms with Gasteiger partial charge < -0.3 is 14.7 Å². The number of hydrogen-bond acceptors (Lipinski definition) is 6. The number of amides is 1. The number of likely N-dealkylation sites (tertiary alicyclic amines) is 1. The van der Waals surface area contributed by atoms with Gasteiger partial charge in [-0.05, 0) is 59.0 Å². The predicted molar refractivity (Wildman–Crippen MR) is 125 cm³/mol. The van der Waals surface area contributed by atoms with Crippen molar-refractivity contribution in [1.29, 1.82) is 0 Å². The van der Waals surface area contributed by atoms with Crippen molar-refractivity contribution in [1.82, 2.24) is 19.6 Å². The van der Waals surface area contributed by atoms with Crippen molar-refractivity contribution in [2.75, 3.05) is 52.9 Å². The molecule has 3 heterocycles. The van der Waals surface area contributed by atoms with E-state index in [-0.39, 0.29) is 24.3 Å². The van der Waals surface area contributed by atoms with Crippen LogP contribution in [0.25, 0.3) is 0 Å². The fraction of sp³-hybridized carbons (Fsp3) is 0.917. The Hall–Kier alpha value is -1.38. The lowest BCUT2D eigenvalue weighted by Gasteiger charge is -2.43. The highest BCUT2D eigenvalue weighted by Gasteiger charge is 2.39. The Morgan fingerprint density at radius 3 is 2.34 bits per heavy atom. The van der Waals surface area contributed by atoms with Crippen molar-refractivity contribution in [3.63, 3.8) is 0 Å². The van der Waals surface area contributed by atoms with E-state index >= 15 is 0 Å². The molecule has 2 atom stereocenters. The van der Waals surface area contributed by atoms with Gasteiger partial charge in [0, 0.05) is 44.8 Å². The van der Waals surface area contributed by atoms with E-state index in [1.54, 1.807) is 11.9 Å². The van der Waals surface area contributed by atoms with Crippen LogP contribution in [-0.2, 0) is 9.53 Å². The molecule has 3 saturated heterocycles. The minimum atomic E-state index is -0.743. The van der Waals surface area contributed by atoms with Crippen LogP contribution >= 0.6 is 0 Å². The van der Waals surface area contributed by atoms with E-state index in [1.165, 1.54) is 45.2 Å². The minimum Gasteiger partial charge on any atom is -0.481 e. The number of unbranched alkanes of at least 4 members (excludes halogenated alkanes) is 1. The summed E-state index contributed by atoms with van der Waals surface area (Å²) >= 11 is 0. The molecule has 1 amide bonds. The topological polar surface area (TPSA) is 76.6 Å². The molecule has 0 spiro atoms. The Morgan fingerprint density at radius 1 is 1.06 bits per heavy atom. The molecular weight excluding hydrogens is 408 g/mol. The molecule has 0 saturated carbocycles. The minimum absolute atomic E-state index is 0.180. The quantitative estimate of drug-likeness (QED) is 0.539. The molecule has 2 unspecified atom stereocenters. The van der Waals surface area contributed by atoms with Crippen molar-refractivity contribution in [2.45, 2.75) is 83.5 Å². The van der Waals surface area contributed by atoms with Gasteiger partial charge >= 0.3 is 12.1 Å². The van der Waals surface area contributed by atoms with Crippen LogP contribution in [0.2, 0.25) is 0 Å². The second-order valence-corrected chi connectivity index (χ2v) is 10.9. The maximum Gasteiger partial charge on any atom is 0.411 e. The summed E-state index contributed by atoms with van der Waals surface area (Å²) in [5.41, 5.74) is 0.277. The highest BCUT2D eigenvalue weighted by Crippen LogP contribution is 2.28. The second kappa shape index (κ2) is 11.2.